The fraction of sp³-hybridized carbons (Fsp3) is 0.375. The maximum absolute atomic E-state index is 13.3. The van der Waals surface area contributed by atoms with E-state index in [0.29, 0.717) is 54.5 Å². The van der Waals surface area contributed by atoms with Crippen LogP contribution in [0.15, 0.2) is 53.3 Å². The maximum atomic E-state index is 13.3. The van der Waals surface area contributed by atoms with E-state index in [1.807, 2.05) is 43.3 Å². The quantitative estimate of drug-likeness (QED) is 0.237. The summed E-state index contributed by atoms with van der Waals surface area (Å²) in [6.07, 6.45) is 1.79. The van der Waals surface area contributed by atoms with Crippen LogP contribution in [0.3, 0.4) is 0 Å². The van der Waals surface area contributed by atoms with Crippen LogP contribution in [0.5, 0.6) is 23.0 Å². The van der Waals surface area contributed by atoms with Crippen molar-refractivity contribution in [2.24, 2.45) is 0 Å². The number of rotatable bonds is 12. The van der Waals surface area contributed by atoms with Crippen LogP contribution in [-0.2, 0) is 30.7 Å². The Labute approximate surface area is 238 Å². The Morgan fingerprint density at radius 3 is 2.22 bits per heavy atom. The number of carboxylic acids is 1. The monoisotopic (exact) mass is 560 g/mol. The molecule has 1 aromatic heterocycles. The van der Waals surface area contributed by atoms with Crippen molar-refractivity contribution in [1.82, 2.24) is 9.13 Å². The van der Waals surface area contributed by atoms with E-state index >= 15 is 0 Å². The normalized spacial score (nSPS) is 13.0. The van der Waals surface area contributed by atoms with Crippen molar-refractivity contribution in [2.75, 3.05) is 13.9 Å². The number of hydrogen-bond acceptors (Lipinski definition) is 6. The topological polar surface area (TPSA) is 101 Å². The Morgan fingerprint density at radius 1 is 0.976 bits per heavy atom. The summed E-state index contributed by atoms with van der Waals surface area (Å²) in [5.74, 6) is 0.703. The number of methoxy groups -OCH3 is 1. The second-order valence-electron chi connectivity index (χ2n) is 10.1. The molecule has 4 aromatic rings. The molecule has 0 spiro atoms. The molecule has 1 atom stereocenters. The fourth-order valence-electron chi connectivity index (χ4n) is 5.57. The third-order valence-corrected chi connectivity index (χ3v) is 7.37. The van der Waals surface area contributed by atoms with Crippen molar-refractivity contribution in [3.8, 4) is 23.0 Å². The number of aryl methyl sites for hydroxylation is 3. The van der Waals surface area contributed by atoms with Gasteiger partial charge in [0.15, 0.2) is 11.5 Å². The maximum Gasteiger partial charge on any atom is 0.349 e. The Morgan fingerprint density at radius 2 is 1.63 bits per heavy atom. The van der Waals surface area contributed by atoms with Crippen LogP contribution >= 0.6 is 0 Å². The summed E-state index contributed by atoms with van der Waals surface area (Å²) >= 11 is 0. The number of aromatic nitrogens is 2. The zero-order chi connectivity index (χ0) is 29.1. The first-order chi connectivity index (χ1) is 19.9. The summed E-state index contributed by atoms with van der Waals surface area (Å²) in [5, 5.41) is 10.3. The summed E-state index contributed by atoms with van der Waals surface area (Å²) in [6, 6.07) is 15.2. The van der Waals surface area contributed by atoms with Crippen LogP contribution in [-0.4, -0.2) is 34.1 Å². The first-order valence-electron chi connectivity index (χ1n) is 14.1. The molecule has 216 valence electrons. The van der Waals surface area contributed by atoms with Crippen molar-refractivity contribution < 1.29 is 28.8 Å². The van der Waals surface area contributed by atoms with Gasteiger partial charge in [-0.15, -0.1) is 0 Å². The van der Waals surface area contributed by atoms with Gasteiger partial charge in [0.1, 0.15) is 5.75 Å². The third-order valence-electron chi connectivity index (χ3n) is 7.37. The highest BCUT2D eigenvalue weighted by molar-refractivity contribution is 5.77. The van der Waals surface area contributed by atoms with E-state index in [1.165, 1.54) is 7.11 Å². The van der Waals surface area contributed by atoms with Gasteiger partial charge in [0, 0.05) is 12.1 Å². The lowest BCUT2D eigenvalue weighted by Crippen LogP contribution is -2.24. The van der Waals surface area contributed by atoms with Crippen molar-refractivity contribution in [3.05, 3.63) is 81.3 Å². The van der Waals surface area contributed by atoms with Crippen LogP contribution in [0.2, 0.25) is 0 Å². The first kappa shape index (κ1) is 28.1. The number of benzene rings is 3. The van der Waals surface area contributed by atoms with E-state index in [4.69, 9.17) is 18.9 Å². The standard InChI is InChI=1S/C32H36N2O7/c1-5-10-21-14-20(18-34-25-13-9-8-12-24(25)33(7-3)32(34)37)15-22(11-6-2)28(21)41-29(31(35)36)23-16-26(38-4)30-27(17-23)39-19-40-30/h8-9,12-17,29H,5-7,10-11,18-19H2,1-4H3,(H,35,36). The lowest BCUT2D eigenvalue weighted by Gasteiger charge is -2.23. The van der Waals surface area contributed by atoms with E-state index < -0.39 is 12.1 Å². The summed E-state index contributed by atoms with van der Waals surface area (Å²) in [7, 11) is 1.50. The summed E-state index contributed by atoms with van der Waals surface area (Å²) in [4.78, 5) is 25.9. The van der Waals surface area contributed by atoms with Gasteiger partial charge in [0.25, 0.3) is 0 Å². The van der Waals surface area contributed by atoms with Gasteiger partial charge < -0.3 is 24.1 Å². The van der Waals surface area contributed by atoms with Crippen LogP contribution in [0.1, 0.15) is 62.0 Å². The Balaban J connectivity index is 1.58. The van der Waals surface area contributed by atoms with E-state index in [9.17, 15) is 14.7 Å². The average molecular weight is 561 g/mol. The predicted molar refractivity (Wildman–Crippen MR) is 156 cm³/mol. The molecule has 1 N–H and O–H groups in total. The number of carboxylic acid groups (broad SMARTS) is 1. The molecule has 9 heteroatoms. The average Bonchev–Trinajstić information content (AvgIpc) is 3.54. The zero-order valence-corrected chi connectivity index (χ0v) is 23.9. The number of aliphatic carboxylic acids is 1. The van der Waals surface area contributed by atoms with E-state index in [-0.39, 0.29) is 12.5 Å². The molecule has 0 bridgehead atoms. The molecule has 1 unspecified atom stereocenters. The number of imidazole rings is 1. The number of nitrogens with zero attached hydrogens (tertiary/aromatic N) is 2. The molecule has 0 saturated carbocycles. The van der Waals surface area contributed by atoms with Gasteiger partial charge >= 0.3 is 11.7 Å². The molecule has 0 radical (unpaired) electrons. The summed E-state index contributed by atoms with van der Waals surface area (Å²) in [5.41, 5.74) is 4.95. The highest BCUT2D eigenvalue weighted by atomic mass is 16.7. The smallest absolute Gasteiger partial charge is 0.349 e. The molecule has 2 heterocycles. The Hall–Kier alpha value is -4.40. The lowest BCUT2D eigenvalue weighted by atomic mass is 9.97. The Kier molecular flexibility index (Phi) is 8.23. The Bertz CT molecular complexity index is 1610. The van der Waals surface area contributed by atoms with Gasteiger partial charge in [0.05, 0.1) is 24.7 Å². The van der Waals surface area contributed by atoms with Crippen LogP contribution < -0.4 is 24.6 Å². The molecule has 0 fully saturated rings. The van der Waals surface area contributed by atoms with Gasteiger partial charge in [-0.05, 0) is 60.7 Å². The SMILES string of the molecule is CCCc1cc(Cn2c(=O)n(CC)c3ccccc32)cc(CCC)c1OC(C(=O)O)c1cc(OC)c2c(c1)OCO2. The van der Waals surface area contributed by atoms with Gasteiger partial charge in [-0.1, -0.05) is 51.0 Å². The van der Waals surface area contributed by atoms with Crippen LogP contribution in [0.25, 0.3) is 11.0 Å². The highest BCUT2D eigenvalue weighted by Gasteiger charge is 2.30. The number of hydrogen-bond donors (Lipinski definition) is 1. The van der Waals surface area contributed by atoms with Crippen molar-refractivity contribution in [3.63, 3.8) is 0 Å². The molecule has 0 aliphatic carbocycles. The van der Waals surface area contributed by atoms with Crippen molar-refractivity contribution in [1.29, 1.82) is 0 Å². The summed E-state index contributed by atoms with van der Waals surface area (Å²) < 4.78 is 26.4. The minimum absolute atomic E-state index is 0.0382. The highest BCUT2D eigenvalue weighted by Crippen LogP contribution is 2.44. The number of fused-ring (bicyclic) bond motifs is 2. The second kappa shape index (κ2) is 12.0. The predicted octanol–water partition coefficient (Wildman–Crippen LogP) is 5.72. The second-order valence-corrected chi connectivity index (χ2v) is 10.1. The molecule has 3 aromatic carbocycles. The minimum atomic E-state index is -1.29. The van der Waals surface area contributed by atoms with Crippen LogP contribution in [0, 0.1) is 0 Å². The molecule has 0 saturated heterocycles. The molecular formula is C32H36N2O7. The van der Waals surface area contributed by atoms with E-state index in [0.717, 1.165) is 40.6 Å². The minimum Gasteiger partial charge on any atom is -0.493 e. The molecule has 5 rings (SSSR count). The molecular weight excluding hydrogens is 524 g/mol. The zero-order valence-electron chi connectivity index (χ0n) is 23.9. The molecule has 9 nitrogen and oxygen atoms in total. The lowest BCUT2D eigenvalue weighted by molar-refractivity contribution is -0.145. The van der Waals surface area contributed by atoms with E-state index in [2.05, 4.69) is 13.8 Å². The number of ether oxygens (including phenoxy) is 4. The summed E-state index contributed by atoms with van der Waals surface area (Å²) in [6.45, 7) is 7.15. The molecule has 1 aliphatic rings. The van der Waals surface area contributed by atoms with Gasteiger partial charge in [-0.3, -0.25) is 9.13 Å². The first-order valence-corrected chi connectivity index (χ1v) is 14.1. The molecule has 1 aliphatic heterocycles. The van der Waals surface area contributed by atoms with Gasteiger partial charge in [-0.2, -0.15) is 0 Å². The largest absolute Gasteiger partial charge is 0.493 e. The molecule has 0 amide bonds. The fourth-order valence-corrected chi connectivity index (χ4v) is 5.57. The molecule has 41 heavy (non-hydrogen) atoms. The van der Waals surface area contributed by atoms with Crippen LogP contribution in [0.4, 0.5) is 0 Å². The number of para-hydroxylation sites is 2. The number of carbonyl (C=O) groups is 1. The van der Waals surface area contributed by atoms with Crippen molar-refractivity contribution >= 4 is 17.0 Å². The van der Waals surface area contributed by atoms with Gasteiger partial charge in [-0.25, -0.2) is 9.59 Å². The van der Waals surface area contributed by atoms with Gasteiger partial charge in [0.2, 0.25) is 18.6 Å². The van der Waals surface area contributed by atoms with E-state index in [1.54, 1.807) is 21.3 Å². The third kappa shape index (κ3) is 5.36. The van der Waals surface area contributed by atoms with Crippen molar-refractivity contribution in [2.45, 2.75) is 65.6 Å².